The van der Waals surface area contributed by atoms with Gasteiger partial charge in [0, 0.05) is 18.7 Å². The summed E-state index contributed by atoms with van der Waals surface area (Å²) in [6.45, 7) is 5.33. The Kier molecular flexibility index (Phi) is 9.07. The van der Waals surface area contributed by atoms with Crippen molar-refractivity contribution in [2.75, 3.05) is 19.0 Å². The van der Waals surface area contributed by atoms with Crippen molar-refractivity contribution in [2.45, 2.75) is 45.8 Å². The van der Waals surface area contributed by atoms with Crippen LogP contribution >= 0.6 is 0 Å². The molecular weight excluding hydrogens is 410 g/mol. The average molecular weight is 442 g/mol. The highest BCUT2D eigenvalue weighted by Gasteiger charge is 2.16. The van der Waals surface area contributed by atoms with E-state index in [2.05, 4.69) is 16.0 Å². The number of carbonyl (C=O) groups excluding carboxylic acids is 3. The summed E-state index contributed by atoms with van der Waals surface area (Å²) in [5.74, 6) is 0.344. The number of anilines is 1. The van der Waals surface area contributed by atoms with Gasteiger partial charge in [0.1, 0.15) is 17.9 Å². The van der Waals surface area contributed by atoms with Crippen molar-refractivity contribution in [3.63, 3.8) is 0 Å². The fourth-order valence-electron chi connectivity index (χ4n) is 2.76. The summed E-state index contributed by atoms with van der Waals surface area (Å²) < 4.78 is 10.2. The molecule has 0 fully saturated rings. The predicted molar refractivity (Wildman–Crippen MR) is 122 cm³/mol. The maximum Gasteiger partial charge on any atom is 0.408 e. The van der Waals surface area contributed by atoms with Crippen LogP contribution in [0.2, 0.25) is 0 Å². The van der Waals surface area contributed by atoms with Crippen LogP contribution in [0, 0.1) is 0 Å². The lowest BCUT2D eigenvalue weighted by molar-refractivity contribution is -0.120. The molecule has 2 aromatic carbocycles. The molecule has 2 aromatic rings. The summed E-state index contributed by atoms with van der Waals surface area (Å²) in [4.78, 5) is 35.8. The van der Waals surface area contributed by atoms with Gasteiger partial charge in [0.25, 0.3) is 0 Å². The van der Waals surface area contributed by atoms with Crippen LogP contribution in [0.4, 0.5) is 10.5 Å². The third kappa shape index (κ3) is 9.51. The molecule has 0 spiro atoms. The maximum absolute atomic E-state index is 12.3. The van der Waals surface area contributed by atoms with E-state index in [9.17, 15) is 14.4 Å². The minimum absolute atomic E-state index is 0.0939. The molecule has 8 heteroatoms. The third-order valence-corrected chi connectivity index (χ3v) is 4.29. The van der Waals surface area contributed by atoms with Gasteiger partial charge in [-0.05, 0) is 62.6 Å². The first-order valence-corrected chi connectivity index (χ1v) is 10.4. The Bertz CT molecular complexity index is 920. The Hall–Kier alpha value is -3.55. The molecule has 0 unspecified atom stereocenters. The van der Waals surface area contributed by atoms with E-state index in [1.807, 2.05) is 30.3 Å². The Morgan fingerprint density at radius 1 is 0.906 bits per heavy atom. The van der Waals surface area contributed by atoms with E-state index in [4.69, 9.17) is 9.47 Å². The molecule has 172 valence electrons. The van der Waals surface area contributed by atoms with Crippen molar-refractivity contribution in [1.29, 1.82) is 0 Å². The van der Waals surface area contributed by atoms with Crippen molar-refractivity contribution in [1.82, 2.24) is 10.6 Å². The third-order valence-electron chi connectivity index (χ3n) is 4.29. The number of hydrogen-bond donors (Lipinski definition) is 3. The number of carbonyl (C=O) groups is 3. The predicted octanol–water partition coefficient (Wildman–Crippen LogP) is 3.41. The molecule has 3 amide bonds. The van der Waals surface area contributed by atoms with Gasteiger partial charge in [0.15, 0.2) is 0 Å². The Balaban J connectivity index is 1.75. The van der Waals surface area contributed by atoms with E-state index in [0.717, 1.165) is 16.9 Å². The summed E-state index contributed by atoms with van der Waals surface area (Å²) in [7, 11) is 1.61. The smallest absolute Gasteiger partial charge is 0.408 e. The average Bonchev–Trinajstić information content (AvgIpc) is 2.74. The van der Waals surface area contributed by atoms with E-state index in [-0.39, 0.29) is 24.9 Å². The highest BCUT2D eigenvalue weighted by molar-refractivity contribution is 5.91. The number of nitrogens with one attached hydrogen (secondary N) is 3. The van der Waals surface area contributed by atoms with Gasteiger partial charge in [-0.25, -0.2) is 4.79 Å². The van der Waals surface area contributed by atoms with Gasteiger partial charge in [-0.2, -0.15) is 0 Å². The first kappa shape index (κ1) is 24.7. The first-order chi connectivity index (χ1) is 15.1. The monoisotopic (exact) mass is 441 g/mol. The molecule has 3 N–H and O–H groups in total. The van der Waals surface area contributed by atoms with E-state index in [1.165, 1.54) is 0 Å². The molecule has 0 aliphatic carbocycles. The fourth-order valence-corrected chi connectivity index (χ4v) is 2.76. The van der Waals surface area contributed by atoms with Gasteiger partial charge in [-0.1, -0.05) is 24.3 Å². The van der Waals surface area contributed by atoms with Gasteiger partial charge < -0.3 is 25.4 Å². The van der Waals surface area contributed by atoms with Gasteiger partial charge in [-0.15, -0.1) is 0 Å². The van der Waals surface area contributed by atoms with Crippen LogP contribution in [0.25, 0.3) is 0 Å². The van der Waals surface area contributed by atoms with E-state index in [1.54, 1.807) is 46.1 Å². The topological polar surface area (TPSA) is 106 Å². The van der Waals surface area contributed by atoms with Gasteiger partial charge in [0.2, 0.25) is 11.8 Å². The molecule has 8 nitrogen and oxygen atoms in total. The number of rotatable bonds is 9. The molecule has 0 bridgehead atoms. The van der Waals surface area contributed by atoms with Crippen molar-refractivity contribution in [3.05, 3.63) is 59.7 Å². The number of aryl methyl sites for hydroxylation is 1. The molecule has 0 radical (unpaired) electrons. The van der Waals surface area contributed by atoms with Gasteiger partial charge in [0.05, 0.1) is 7.11 Å². The van der Waals surface area contributed by atoms with Crippen molar-refractivity contribution >= 4 is 23.6 Å². The van der Waals surface area contributed by atoms with Crippen LogP contribution < -0.4 is 20.7 Å². The zero-order valence-corrected chi connectivity index (χ0v) is 19.0. The molecule has 0 aromatic heterocycles. The van der Waals surface area contributed by atoms with Crippen molar-refractivity contribution in [3.8, 4) is 5.75 Å². The highest BCUT2D eigenvalue weighted by Crippen LogP contribution is 2.14. The van der Waals surface area contributed by atoms with Crippen molar-refractivity contribution < 1.29 is 23.9 Å². The van der Waals surface area contributed by atoms with Crippen LogP contribution in [0.1, 0.15) is 38.3 Å². The van der Waals surface area contributed by atoms with Crippen LogP contribution in [-0.4, -0.2) is 37.2 Å². The second-order valence-electron chi connectivity index (χ2n) is 8.23. The van der Waals surface area contributed by atoms with Crippen LogP contribution in [0.15, 0.2) is 48.5 Å². The molecule has 0 heterocycles. The van der Waals surface area contributed by atoms with Crippen LogP contribution in [0.3, 0.4) is 0 Å². The lowest BCUT2D eigenvalue weighted by atomic mass is 10.1. The summed E-state index contributed by atoms with van der Waals surface area (Å²) >= 11 is 0. The van der Waals surface area contributed by atoms with E-state index in [0.29, 0.717) is 18.5 Å². The summed E-state index contributed by atoms with van der Waals surface area (Å²) in [6, 6.07) is 14.9. The van der Waals surface area contributed by atoms with Crippen LogP contribution in [-0.2, 0) is 27.3 Å². The highest BCUT2D eigenvalue weighted by atomic mass is 16.6. The fraction of sp³-hybridized carbons (Fsp3) is 0.375. The number of amides is 3. The molecule has 0 atom stereocenters. The molecule has 0 saturated heterocycles. The molecule has 32 heavy (non-hydrogen) atoms. The molecule has 0 saturated carbocycles. The zero-order valence-electron chi connectivity index (χ0n) is 19.0. The molecule has 0 aliphatic rings. The maximum atomic E-state index is 12.3. The standard InChI is InChI=1S/C24H31N3O5/c1-24(2,3)32-23(30)26-16-22(29)25-15-18-6-5-7-19(14-18)27-21(28)13-10-17-8-11-20(31-4)12-9-17/h5-9,11-12,14H,10,13,15-16H2,1-4H3,(H,25,29)(H,26,30)(H,27,28). The van der Waals surface area contributed by atoms with Gasteiger partial charge >= 0.3 is 6.09 Å². The van der Waals surface area contributed by atoms with Gasteiger partial charge in [-0.3, -0.25) is 9.59 Å². The minimum Gasteiger partial charge on any atom is -0.497 e. The molecule has 0 aliphatic heterocycles. The Morgan fingerprint density at radius 3 is 2.28 bits per heavy atom. The zero-order chi connectivity index (χ0) is 23.6. The van der Waals surface area contributed by atoms with Crippen LogP contribution in [0.5, 0.6) is 5.75 Å². The Morgan fingerprint density at radius 2 is 1.62 bits per heavy atom. The quantitative estimate of drug-likeness (QED) is 0.553. The molecule has 2 rings (SSSR count). The second kappa shape index (κ2) is 11.7. The lowest BCUT2D eigenvalue weighted by Gasteiger charge is -2.19. The lowest BCUT2D eigenvalue weighted by Crippen LogP contribution is -2.39. The SMILES string of the molecule is COc1ccc(CCC(=O)Nc2cccc(CNC(=O)CNC(=O)OC(C)(C)C)c2)cc1. The normalized spacial score (nSPS) is 10.8. The summed E-state index contributed by atoms with van der Waals surface area (Å²) in [5.41, 5.74) is 1.91. The number of alkyl carbamates (subject to hydrolysis) is 1. The van der Waals surface area contributed by atoms with Crippen molar-refractivity contribution in [2.24, 2.45) is 0 Å². The largest absolute Gasteiger partial charge is 0.497 e. The number of benzene rings is 2. The first-order valence-electron chi connectivity index (χ1n) is 10.4. The number of hydrogen-bond acceptors (Lipinski definition) is 5. The number of ether oxygens (including phenoxy) is 2. The summed E-state index contributed by atoms with van der Waals surface area (Å²) in [6.07, 6.45) is 0.326. The second-order valence-corrected chi connectivity index (χ2v) is 8.23. The summed E-state index contributed by atoms with van der Waals surface area (Å²) in [5, 5.41) is 8.01. The van der Waals surface area contributed by atoms with E-state index >= 15 is 0 Å². The minimum atomic E-state index is -0.646. The number of methoxy groups -OCH3 is 1. The Labute approximate surface area is 188 Å². The van der Waals surface area contributed by atoms with E-state index < -0.39 is 11.7 Å². The molecular formula is C24H31N3O5.